The summed E-state index contributed by atoms with van der Waals surface area (Å²) in [5, 5.41) is 23.0. The first-order chi connectivity index (χ1) is 26.2. The van der Waals surface area contributed by atoms with Gasteiger partial charge in [-0.05, 0) is 83.5 Å². The van der Waals surface area contributed by atoms with Crippen molar-refractivity contribution < 1.29 is 15.0 Å². The van der Waals surface area contributed by atoms with E-state index >= 15 is 0 Å². The van der Waals surface area contributed by atoms with Crippen molar-refractivity contribution in [2.45, 2.75) is 212 Å². The fourth-order valence-electron chi connectivity index (χ4n) is 6.20. The molecule has 0 spiro atoms. The number of unbranched alkanes of at least 4 members (excludes halogenated alkanes) is 20. The molecule has 2 unspecified atom stereocenters. The van der Waals surface area contributed by atoms with Gasteiger partial charge in [0, 0.05) is 6.42 Å². The van der Waals surface area contributed by atoms with Gasteiger partial charge in [-0.25, -0.2) is 0 Å². The van der Waals surface area contributed by atoms with E-state index in [0.29, 0.717) is 6.42 Å². The van der Waals surface area contributed by atoms with Crippen LogP contribution in [0.1, 0.15) is 200 Å². The Bertz CT molecular complexity index is 972. The van der Waals surface area contributed by atoms with Crippen LogP contribution < -0.4 is 5.32 Å². The lowest BCUT2D eigenvalue weighted by atomic mass is 10.1. The minimum atomic E-state index is -0.878. The third kappa shape index (κ3) is 40.6. The number of aliphatic hydroxyl groups is 2. The van der Waals surface area contributed by atoms with E-state index in [1.165, 1.54) is 109 Å². The topological polar surface area (TPSA) is 69.6 Å². The molecule has 0 bridgehead atoms. The summed E-state index contributed by atoms with van der Waals surface area (Å²) in [5.74, 6) is -0.0900. The molecule has 0 aliphatic heterocycles. The van der Waals surface area contributed by atoms with Crippen molar-refractivity contribution in [1.82, 2.24) is 5.32 Å². The zero-order valence-electron chi connectivity index (χ0n) is 34.8. The molecule has 0 radical (unpaired) electrons. The molecule has 1 amide bonds. The number of carbonyl (C=O) groups is 1. The molecule has 4 heteroatoms. The molecule has 0 fully saturated rings. The zero-order chi connectivity index (χ0) is 38.6. The van der Waals surface area contributed by atoms with E-state index in [4.69, 9.17) is 0 Å². The van der Waals surface area contributed by atoms with Gasteiger partial charge in [0.25, 0.3) is 0 Å². The summed E-state index contributed by atoms with van der Waals surface area (Å²) in [5.41, 5.74) is 0. The van der Waals surface area contributed by atoms with E-state index in [9.17, 15) is 15.0 Å². The molecule has 0 heterocycles. The number of rotatable bonds is 39. The van der Waals surface area contributed by atoms with E-state index < -0.39 is 12.1 Å². The Hall–Kier alpha value is -2.43. The predicted molar refractivity (Wildman–Crippen MR) is 234 cm³/mol. The highest BCUT2D eigenvalue weighted by molar-refractivity contribution is 5.76. The maximum absolute atomic E-state index is 12.4. The van der Waals surface area contributed by atoms with Crippen molar-refractivity contribution in [2.75, 3.05) is 6.61 Å². The standard InChI is InChI=1S/C49H85NO3/c1-3-5-7-9-11-13-15-17-19-21-23-25-27-29-31-33-35-37-39-41-43-45-49(53)50-47(46-51)48(52)44-42-40-38-36-34-32-30-28-26-24-22-20-18-16-14-12-10-8-6-4-2/h5,7,11,13,17,19,23,25-26,28,34,36,42,44,47-48,51-52H,3-4,6,8-10,12,14-16,18,20-22,24,27,29-33,35,37-41,43,45-46H2,1-2H3,(H,50,53)/b7-5-,13-11-,19-17-,25-23-,28-26+,36-34+,44-42+. The van der Waals surface area contributed by atoms with E-state index in [2.05, 4.69) is 92.1 Å². The van der Waals surface area contributed by atoms with Crippen molar-refractivity contribution in [1.29, 1.82) is 0 Å². The van der Waals surface area contributed by atoms with Gasteiger partial charge in [0.05, 0.1) is 18.8 Å². The molecule has 3 N–H and O–H groups in total. The summed E-state index contributed by atoms with van der Waals surface area (Å²) >= 11 is 0. The van der Waals surface area contributed by atoms with Gasteiger partial charge in [-0.3, -0.25) is 4.79 Å². The van der Waals surface area contributed by atoms with Crippen LogP contribution in [0.3, 0.4) is 0 Å². The number of allylic oxidation sites excluding steroid dienone is 13. The summed E-state index contributed by atoms with van der Waals surface area (Å²) < 4.78 is 0. The highest BCUT2D eigenvalue weighted by Gasteiger charge is 2.17. The molecule has 0 aromatic rings. The van der Waals surface area contributed by atoms with Crippen LogP contribution in [0.25, 0.3) is 0 Å². The van der Waals surface area contributed by atoms with Crippen molar-refractivity contribution in [3.8, 4) is 0 Å². The van der Waals surface area contributed by atoms with Gasteiger partial charge in [0.2, 0.25) is 5.91 Å². The first-order valence-corrected chi connectivity index (χ1v) is 22.3. The molecule has 0 rings (SSSR count). The smallest absolute Gasteiger partial charge is 0.220 e. The molecule has 0 aromatic heterocycles. The summed E-state index contributed by atoms with van der Waals surface area (Å²) in [6.07, 6.45) is 64.0. The minimum Gasteiger partial charge on any atom is -0.394 e. The highest BCUT2D eigenvalue weighted by atomic mass is 16.3. The number of carbonyl (C=O) groups excluding carboxylic acids is 1. The second-order valence-corrected chi connectivity index (χ2v) is 14.7. The van der Waals surface area contributed by atoms with Gasteiger partial charge in [0.15, 0.2) is 0 Å². The average Bonchev–Trinajstić information content (AvgIpc) is 3.16. The van der Waals surface area contributed by atoms with Gasteiger partial charge in [0.1, 0.15) is 0 Å². The molecule has 2 atom stereocenters. The van der Waals surface area contributed by atoms with Crippen molar-refractivity contribution in [3.63, 3.8) is 0 Å². The van der Waals surface area contributed by atoms with Crippen LogP contribution in [0.2, 0.25) is 0 Å². The van der Waals surface area contributed by atoms with Crippen LogP contribution in [-0.4, -0.2) is 34.9 Å². The normalized spacial score (nSPS) is 13.8. The fraction of sp³-hybridized carbons (Fsp3) is 0.694. The van der Waals surface area contributed by atoms with Crippen molar-refractivity contribution in [2.24, 2.45) is 0 Å². The van der Waals surface area contributed by atoms with Crippen LogP contribution in [0.5, 0.6) is 0 Å². The summed E-state index contributed by atoms with van der Waals surface area (Å²) in [7, 11) is 0. The van der Waals surface area contributed by atoms with Crippen LogP contribution in [-0.2, 0) is 4.79 Å². The quantitative estimate of drug-likeness (QED) is 0.0435. The Morgan fingerprint density at radius 2 is 0.849 bits per heavy atom. The third-order valence-corrected chi connectivity index (χ3v) is 9.59. The average molecular weight is 736 g/mol. The van der Waals surface area contributed by atoms with Crippen LogP contribution in [0.15, 0.2) is 85.1 Å². The van der Waals surface area contributed by atoms with Gasteiger partial charge in [-0.15, -0.1) is 0 Å². The molecule has 53 heavy (non-hydrogen) atoms. The lowest BCUT2D eigenvalue weighted by molar-refractivity contribution is -0.123. The number of nitrogens with one attached hydrogen (secondary N) is 1. The van der Waals surface area contributed by atoms with Crippen LogP contribution in [0, 0.1) is 0 Å². The maximum Gasteiger partial charge on any atom is 0.220 e. The maximum atomic E-state index is 12.4. The molecule has 0 aliphatic carbocycles. The molecule has 0 aromatic carbocycles. The summed E-state index contributed by atoms with van der Waals surface area (Å²) in [6, 6.07) is -0.655. The Balaban J connectivity index is 3.69. The number of aliphatic hydroxyl groups excluding tert-OH is 2. The SMILES string of the molecule is CC/C=C\C/C=C\C/C=C\C/C=C\CCCCCCCCCCC(=O)NC(CO)C(O)/C=C/CC/C=C/CC/C=C/CCCCCCCCCCCC. The largest absolute Gasteiger partial charge is 0.394 e. The Morgan fingerprint density at radius 3 is 1.32 bits per heavy atom. The highest BCUT2D eigenvalue weighted by Crippen LogP contribution is 2.13. The first kappa shape index (κ1) is 50.6. The van der Waals surface area contributed by atoms with Crippen LogP contribution >= 0.6 is 0 Å². The molecule has 4 nitrogen and oxygen atoms in total. The van der Waals surface area contributed by atoms with Gasteiger partial charge >= 0.3 is 0 Å². The monoisotopic (exact) mass is 736 g/mol. The van der Waals surface area contributed by atoms with E-state index in [-0.39, 0.29) is 12.5 Å². The van der Waals surface area contributed by atoms with E-state index in [0.717, 1.165) is 70.6 Å². The number of hydrogen-bond acceptors (Lipinski definition) is 3. The lowest BCUT2D eigenvalue weighted by Gasteiger charge is -2.19. The second-order valence-electron chi connectivity index (χ2n) is 14.7. The predicted octanol–water partition coefficient (Wildman–Crippen LogP) is 14.1. The molecule has 304 valence electrons. The Kier molecular flexibility index (Phi) is 42.0. The number of amides is 1. The number of hydrogen-bond donors (Lipinski definition) is 3. The lowest BCUT2D eigenvalue weighted by Crippen LogP contribution is -2.45. The van der Waals surface area contributed by atoms with E-state index in [1.807, 2.05) is 6.08 Å². The molecular formula is C49H85NO3. The zero-order valence-corrected chi connectivity index (χ0v) is 34.8. The first-order valence-electron chi connectivity index (χ1n) is 22.3. The third-order valence-electron chi connectivity index (χ3n) is 9.59. The molecule has 0 saturated heterocycles. The minimum absolute atomic E-state index is 0.0900. The summed E-state index contributed by atoms with van der Waals surface area (Å²) in [4.78, 5) is 12.4. The van der Waals surface area contributed by atoms with Crippen molar-refractivity contribution in [3.05, 3.63) is 85.1 Å². The molecular weight excluding hydrogens is 651 g/mol. The van der Waals surface area contributed by atoms with Gasteiger partial charge in [-0.2, -0.15) is 0 Å². The Labute approximate surface area is 329 Å². The molecule has 0 aliphatic rings. The Morgan fingerprint density at radius 1 is 0.472 bits per heavy atom. The van der Waals surface area contributed by atoms with E-state index in [1.54, 1.807) is 6.08 Å². The fourth-order valence-corrected chi connectivity index (χ4v) is 6.20. The van der Waals surface area contributed by atoms with Crippen molar-refractivity contribution >= 4 is 5.91 Å². The second kappa shape index (κ2) is 44.0. The van der Waals surface area contributed by atoms with Gasteiger partial charge < -0.3 is 15.5 Å². The van der Waals surface area contributed by atoms with Crippen LogP contribution in [0.4, 0.5) is 0 Å². The summed E-state index contributed by atoms with van der Waals surface area (Å²) in [6.45, 7) is 4.17. The molecule has 0 saturated carbocycles. The van der Waals surface area contributed by atoms with Gasteiger partial charge in [-0.1, -0.05) is 195 Å².